The number of carbonyl (C=O) groups excluding carboxylic acids is 1. The lowest BCUT2D eigenvalue weighted by Gasteiger charge is -2.25. The van der Waals surface area contributed by atoms with Gasteiger partial charge in [-0.2, -0.15) is 9.90 Å². The van der Waals surface area contributed by atoms with Crippen molar-refractivity contribution in [3.05, 3.63) is 77.6 Å². The first-order valence-corrected chi connectivity index (χ1v) is 8.24. The minimum atomic E-state index is -0.246. The van der Waals surface area contributed by atoms with E-state index >= 15 is 0 Å². The van der Waals surface area contributed by atoms with Gasteiger partial charge in [-0.25, -0.2) is 0 Å². The molecule has 4 rings (SSSR count). The molecule has 2 aromatic carbocycles. The van der Waals surface area contributed by atoms with Gasteiger partial charge in [-0.1, -0.05) is 42.5 Å². The molecule has 1 unspecified atom stereocenters. The Morgan fingerprint density at radius 1 is 1.12 bits per heavy atom. The van der Waals surface area contributed by atoms with Crippen LogP contribution >= 0.6 is 0 Å². The normalized spacial score (nSPS) is 16.2. The van der Waals surface area contributed by atoms with Crippen LogP contribution in [-0.4, -0.2) is 33.5 Å². The van der Waals surface area contributed by atoms with Crippen molar-refractivity contribution in [3.8, 4) is 5.69 Å². The first-order valence-electron chi connectivity index (χ1n) is 8.24. The molecular weight excluding hydrogens is 316 g/mol. The molecule has 1 atom stereocenters. The Morgan fingerprint density at radius 2 is 1.88 bits per heavy atom. The van der Waals surface area contributed by atoms with Gasteiger partial charge < -0.3 is 10.1 Å². The van der Waals surface area contributed by atoms with Gasteiger partial charge in [0, 0.05) is 13.0 Å². The zero-order valence-corrected chi connectivity index (χ0v) is 13.6. The van der Waals surface area contributed by atoms with Crippen LogP contribution in [0, 0.1) is 0 Å². The van der Waals surface area contributed by atoms with Crippen LogP contribution in [0.15, 0.2) is 60.8 Å². The molecule has 6 nitrogen and oxygen atoms in total. The maximum atomic E-state index is 12.3. The number of hydrogen-bond acceptors (Lipinski definition) is 4. The molecule has 0 radical (unpaired) electrons. The number of nitrogens with one attached hydrogen (secondary N) is 1. The molecule has 3 aromatic rings. The van der Waals surface area contributed by atoms with E-state index in [1.165, 1.54) is 22.1 Å². The first-order chi connectivity index (χ1) is 12.3. The van der Waals surface area contributed by atoms with E-state index in [-0.39, 0.29) is 12.0 Å². The predicted molar refractivity (Wildman–Crippen MR) is 92.4 cm³/mol. The van der Waals surface area contributed by atoms with Crippen molar-refractivity contribution < 1.29 is 9.53 Å². The highest BCUT2D eigenvalue weighted by molar-refractivity contribution is 5.91. The molecule has 1 aliphatic heterocycles. The van der Waals surface area contributed by atoms with Crippen LogP contribution < -0.4 is 5.32 Å². The summed E-state index contributed by atoms with van der Waals surface area (Å²) in [6, 6.07) is 17.7. The Kier molecular flexibility index (Phi) is 4.26. The summed E-state index contributed by atoms with van der Waals surface area (Å²) in [6.45, 7) is 1.03. The fourth-order valence-corrected chi connectivity index (χ4v) is 2.89. The summed E-state index contributed by atoms with van der Waals surface area (Å²) >= 11 is 0. The highest BCUT2D eigenvalue weighted by Crippen LogP contribution is 2.19. The van der Waals surface area contributed by atoms with Crippen LogP contribution in [0.4, 0.5) is 0 Å². The minimum Gasteiger partial charge on any atom is -0.371 e. The van der Waals surface area contributed by atoms with Crippen molar-refractivity contribution in [2.45, 2.75) is 19.1 Å². The van der Waals surface area contributed by atoms with E-state index in [9.17, 15) is 4.79 Å². The van der Waals surface area contributed by atoms with Gasteiger partial charge in [-0.15, -0.1) is 5.10 Å². The first kappa shape index (κ1) is 15.5. The van der Waals surface area contributed by atoms with Gasteiger partial charge in [0.1, 0.15) is 0 Å². The average molecular weight is 334 g/mol. The van der Waals surface area contributed by atoms with Crippen molar-refractivity contribution in [2.75, 3.05) is 6.54 Å². The van der Waals surface area contributed by atoms with E-state index in [1.54, 1.807) is 0 Å². The van der Waals surface area contributed by atoms with Gasteiger partial charge in [0.25, 0.3) is 5.91 Å². The quantitative estimate of drug-likeness (QED) is 0.794. The maximum Gasteiger partial charge on any atom is 0.273 e. The number of fused-ring (bicyclic) bond motifs is 1. The second-order valence-electron chi connectivity index (χ2n) is 5.97. The zero-order chi connectivity index (χ0) is 17.1. The number of para-hydroxylation sites is 1. The third kappa shape index (κ3) is 3.44. The third-order valence-electron chi connectivity index (χ3n) is 4.24. The second kappa shape index (κ2) is 6.86. The van der Waals surface area contributed by atoms with E-state index < -0.39 is 0 Å². The molecule has 0 saturated carbocycles. The Morgan fingerprint density at radius 3 is 2.72 bits per heavy atom. The number of amides is 1. The van der Waals surface area contributed by atoms with Crippen molar-refractivity contribution in [1.82, 2.24) is 20.3 Å². The van der Waals surface area contributed by atoms with Gasteiger partial charge in [-0.3, -0.25) is 4.79 Å². The molecule has 0 fully saturated rings. The molecule has 1 N–H and O–H groups in total. The summed E-state index contributed by atoms with van der Waals surface area (Å²) in [5.41, 5.74) is 3.60. The number of hydrogen-bond donors (Lipinski definition) is 1. The molecule has 1 amide bonds. The molecule has 1 aliphatic rings. The van der Waals surface area contributed by atoms with Gasteiger partial charge in [0.15, 0.2) is 5.69 Å². The molecule has 6 heteroatoms. The molecule has 0 saturated heterocycles. The molecule has 0 spiro atoms. The van der Waals surface area contributed by atoms with Crippen LogP contribution in [0.2, 0.25) is 0 Å². The summed E-state index contributed by atoms with van der Waals surface area (Å²) in [7, 11) is 0. The summed E-state index contributed by atoms with van der Waals surface area (Å²) in [5.74, 6) is -0.246. The van der Waals surface area contributed by atoms with E-state index in [1.807, 2.05) is 42.5 Å². The van der Waals surface area contributed by atoms with E-state index in [2.05, 4.69) is 27.6 Å². The summed E-state index contributed by atoms with van der Waals surface area (Å²) < 4.78 is 5.81. The lowest BCUT2D eigenvalue weighted by Crippen LogP contribution is -2.37. The predicted octanol–water partition coefficient (Wildman–Crippen LogP) is 2.14. The number of benzene rings is 2. The minimum absolute atomic E-state index is 0.0250. The molecule has 25 heavy (non-hydrogen) atoms. The van der Waals surface area contributed by atoms with Gasteiger partial charge >= 0.3 is 0 Å². The summed E-state index contributed by atoms with van der Waals surface area (Å²) in [5, 5.41) is 11.3. The maximum absolute atomic E-state index is 12.3. The average Bonchev–Trinajstić information content (AvgIpc) is 3.17. The van der Waals surface area contributed by atoms with Gasteiger partial charge in [-0.05, 0) is 23.3 Å². The van der Waals surface area contributed by atoms with E-state index in [0.29, 0.717) is 18.8 Å². The van der Waals surface area contributed by atoms with Crippen molar-refractivity contribution in [3.63, 3.8) is 0 Å². The molecular formula is C19H18N4O2. The Hall–Kier alpha value is -2.99. The smallest absolute Gasteiger partial charge is 0.273 e. The third-order valence-corrected chi connectivity index (χ3v) is 4.24. The van der Waals surface area contributed by atoms with Gasteiger partial charge in [0.05, 0.1) is 24.6 Å². The van der Waals surface area contributed by atoms with Crippen LogP contribution in [-0.2, 0) is 17.8 Å². The number of rotatable bonds is 4. The Labute approximate surface area is 145 Å². The monoisotopic (exact) mass is 334 g/mol. The SMILES string of the molecule is O=C(NCC1Cc2ccccc2CO1)c1cnn(-c2ccccc2)n1. The number of aromatic nitrogens is 3. The van der Waals surface area contributed by atoms with Crippen LogP contribution in [0.5, 0.6) is 0 Å². The molecule has 126 valence electrons. The Bertz CT molecular complexity index is 876. The number of nitrogens with zero attached hydrogens (tertiary/aromatic N) is 3. The highest BCUT2D eigenvalue weighted by atomic mass is 16.5. The van der Waals surface area contributed by atoms with Crippen LogP contribution in [0.25, 0.3) is 5.69 Å². The number of ether oxygens (including phenoxy) is 1. The second-order valence-corrected chi connectivity index (χ2v) is 5.97. The fraction of sp³-hybridized carbons (Fsp3) is 0.211. The highest BCUT2D eigenvalue weighted by Gasteiger charge is 2.20. The Balaban J connectivity index is 1.36. The molecule has 2 heterocycles. The zero-order valence-electron chi connectivity index (χ0n) is 13.6. The molecule has 0 bridgehead atoms. The number of carbonyl (C=O) groups is 1. The summed E-state index contributed by atoms with van der Waals surface area (Å²) in [4.78, 5) is 13.7. The van der Waals surface area contributed by atoms with Crippen LogP contribution in [0.1, 0.15) is 21.6 Å². The van der Waals surface area contributed by atoms with Crippen molar-refractivity contribution >= 4 is 5.91 Å². The van der Waals surface area contributed by atoms with Crippen molar-refractivity contribution in [1.29, 1.82) is 0 Å². The standard InChI is InChI=1S/C19H18N4O2/c24-19(18-12-21-23(22-18)16-8-2-1-3-9-16)20-11-17-10-14-6-4-5-7-15(14)13-25-17/h1-9,12,17H,10-11,13H2,(H,20,24). The fourth-order valence-electron chi connectivity index (χ4n) is 2.89. The molecule has 1 aromatic heterocycles. The summed E-state index contributed by atoms with van der Waals surface area (Å²) in [6.07, 6.45) is 2.25. The van der Waals surface area contributed by atoms with Gasteiger partial charge in [0.2, 0.25) is 0 Å². The van der Waals surface area contributed by atoms with Crippen molar-refractivity contribution in [2.24, 2.45) is 0 Å². The lowest BCUT2D eigenvalue weighted by molar-refractivity contribution is 0.0284. The van der Waals surface area contributed by atoms with E-state index in [0.717, 1.165) is 12.1 Å². The van der Waals surface area contributed by atoms with E-state index in [4.69, 9.17) is 4.74 Å². The topological polar surface area (TPSA) is 69.0 Å². The molecule has 0 aliphatic carbocycles. The lowest BCUT2D eigenvalue weighted by atomic mass is 9.99. The largest absolute Gasteiger partial charge is 0.371 e. The van der Waals surface area contributed by atoms with Crippen LogP contribution in [0.3, 0.4) is 0 Å².